The average Bonchev–Trinajstić information content (AvgIpc) is 3.93. The van der Waals surface area contributed by atoms with E-state index in [1.54, 1.807) is 0 Å². The lowest BCUT2D eigenvalue weighted by molar-refractivity contribution is 1.12. The van der Waals surface area contributed by atoms with E-state index in [0.29, 0.717) is 0 Å². The van der Waals surface area contributed by atoms with Gasteiger partial charge in [0.15, 0.2) is 0 Å². The highest BCUT2D eigenvalue weighted by Crippen LogP contribution is 2.51. The fraction of sp³-hybridized carbons (Fsp3) is 0. The van der Waals surface area contributed by atoms with E-state index in [1.807, 2.05) is 0 Å². The normalized spacial score (nSPS) is 12.2. The lowest BCUT2D eigenvalue weighted by Gasteiger charge is -2.18. The molecule has 0 saturated carbocycles. The van der Waals surface area contributed by atoms with E-state index in [4.69, 9.17) is 0 Å². The molecule has 3 heteroatoms. The Hall–Kier alpha value is -7.62. The van der Waals surface area contributed by atoms with Crippen molar-refractivity contribution in [2.75, 3.05) is 0 Å². The van der Waals surface area contributed by atoms with Crippen LogP contribution in [0, 0.1) is 0 Å². The van der Waals surface area contributed by atoms with Crippen molar-refractivity contribution in [2.45, 2.75) is 0 Å². The molecule has 13 aromatic rings. The summed E-state index contributed by atoms with van der Waals surface area (Å²) >= 11 is 0. The summed E-state index contributed by atoms with van der Waals surface area (Å²) in [5.74, 6) is 0. The summed E-state index contributed by atoms with van der Waals surface area (Å²) in [6.07, 6.45) is 0. The van der Waals surface area contributed by atoms with E-state index in [-0.39, 0.29) is 0 Å². The maximum atomic E-state index is 2.59. The third-order valence-corrected chi connectivity index (χ3v) is 12.3. The number of fused-ring (bicyclic) bond motifs is 18. The molecule has 0 N–H and O–H groups in total. The van der Waals surface area contributed by atoms with Gasteiger partial charge in [0.2, 0.25) is 0 Å². The predicted octanol–water partition coefficient (Wildman–Crippen LogP) is 14.4. The van der Waals surface area contributed by atoms with Gasteiger partial charge in [-0.15, -0.1) is 0 Å². The molecule has 0 aliphatic carbocycles. The minimum atomic E-state index is 1.14. The van der Waals surface area contributed by atoms with Gasteiger partial charge in [0.1, 0.15) is 0 Å². The van der Waals surface area contributed by atoms with Crippen molar-refractivity contribution in [3.63, 3.8) is 0 Å². The van der Waals surface area contributed by atoms with Crippen LogP contribution in [0.5, 0.6) is 0 Å². The molecule has 10 aromatic carbocycles. The summed E-state index contributed by atoms with van der Waals surface area (Å²) < 4.78 is 7.59. The van der Waals surface area contributed by atoms with Crippen molar-refractivity contribution in [2.24, 2.45) is 0 Å². The summed E-state index contributed by atoms with van der Waals surface area (Å²) in [6, 6.07) is 73.6. The number of hydrogen-bond acceptors (Lipinski definition) is 0. The van der Waals surface area contributed by atoms with E-state index in [0.717, 1.165) is 17.1 Å². The van der Waals surface area contributed by atoms with Crippen LogP contribution in [0.3, 0.4) is 0 Å². The Labute approximate surface area is 327 Å². The molecule has 0 fully saturated rings. The van der Waals surface area contributed by atoms with Crippen LogP contribution in [-0.2, 0) is 0 Å². The van der Waals surface area contributed by atoms with Crippen molar-refractivity contribution in [1.29, 1.82) is 0 Å². The van der Waals surface area contributed by atoms with Crippen LogP contribution in [0.2, 0.25) is 0 Å². The second-order valence-electron chi connectivity index (χ2n) is 15.2. The van der Waals surface area contributed by atoms with Crippen molar-refractivity contribution < 1.29 is 0 Å². The lowest BCUT2D eigenvalue weighted by Crippen LogP contribution is -2.02. The molecule has 3 nitrogen and oxygen atoms in total. The first kappa shape index (κ1) is 30.7. The quantitative estimate of drug-likeness (QED) is 0.161. The highest BCUT2D eigenvalue weighted by Gasteiger charge is 2.28. The Morgan fingerprint density at radius 2 is 0.579 bits per heavy atom. The molecule has 0 aliphatic rings. The molecule has 0 atom stereocenters. The number of benzene rings is 10. The average molecular weight is 724 g/mol. The second-order valence-corrected chi connectivity index (χ2v) is 15.2. The first-order valence-electron chi connectivity index (χ1n) is 19.7. The van der Waals surface area contributed by atoms with E-state index >= 15 is 0 Å². The third kappa shape index (κ3) is 4.00. The lowest BCUT2D eigenvalue weighted by atomic mass is 9.89. The number of nitrogens with zero attached hydrogens (tertiary/aromatic N) is 3. The minimum Gasteiger partial charge on any atom is -0.307 e. The minimum absolute atomic E-state index is 1.14. The maximum Gasteiger partial charge on any atom is 0.0796 e. The Kier molecular flexibility index (Phi) is 6.16. The van der Waals surface area contributed by atoms with Gasteiger partial charge in [0, 0.05) is 54.5 Å². The first-order valence-corrected chi connectivity index (χ1v) is 19.7. The predicted molar refractivity (Wildman–Crippen MR) is 242 cm³/mol. The molecule has 3 heterocycles. The van der Waals surface area contributed by atoms with Crippen LogP contribution >= 0.6 is 0 Å². The Morgan fingerprint density at radius 3 is 1.12 bits per heavy atom. The van der Waals surface area contributed by atoms with Gasteiger partial charge in [-0.05, 0) is 70.1 Å². The van der Waals surface area contributed by atoms with Crippen LogP contribution in [0.25, 0.3) is 115 Å². The summed E-state index contributed by atoms with van der Waals surface area (Å²) in [4.78, 5) is 0. The largest absolute Gasteiger partial charge is 0.307 e. The van der Waals surface area contributed by atoms with Gasteiger partial charge < -0.3 is 13.7 Å². The zero-order chi connectivity index (χ0) is 37.2. The van der Waals surface area contributed by atoms with Gasteiger partial charge in [-0.25, -0.2) is 0 Å². The Balaban J connectivity index is 1.39. The summed E-state index contributed by atoms with van der Waals surface area (Å²) in [7, 11) is 0. The molecule has 0 radical (unpaired) electrons. The SMILES string of the molecule is c1ccc(-n2c3ccccc3c3cccc(-n4c5ccccc5c5c6c7ccccc7c7ccccc7c6c6c7ccccc7n(-c7ccccc7)c6c54)c32)cc1. The van der Waals surface area contributed by atoms with Gasteiger partial charge >= 0.3 is 0 Å². The van der Waals surface area contributed by atoms with Crippen LogP contribution in [0.4, 0.5) is 0 Å². The molecule has 0 spiro atoms. The van der Waals surface area contributed by atoms with E-state index in [9.17, 15) is 0 Å². The molecular weight excluding hydrogens is 691 g/mol. The molecule has 264 valence electrons. The second kappa shape index (κ2) is 11.5. The van der Waals surface area contributed by atoms with Crippen molar-refractivity contribution in [1.82, 2.24) is 13.7 Å². The molecule has 57 heavy (non-hydrogen) atoms. The van der Waals surface area contributed by atoms with Gasteiger partial charge in [-0.2, -0.15) is 0 Å². The van der Waals surface area contributed by atoms with Crippen molar-refractivity contribution in [3.05, 3.63) is 200 Å². The molecule has 0 saturated heterocycles. The van der Waals surface area contributed by atoms with Crippen LogP contribution < -0.4 is 0 Å². The molecule has 0 unspecified atom stereocenters. The highest BCUT2D eigenvalue weighted by molar-refractivity contribution is 6.45. The van der Waals surface area contributed by atoms with Gasteiger partial charge in [-0.1, -0.05) is 152 Å². The fourth-order valence-electron chi connectivity index (χ4n) is 10.2. The fourth-order valence-corrected chi connectivity index (χ4v) is 10.2. The zero-order valence-electron chi connectivity index (χ0n) is 30.9. The zero-order valence-corrected chi connectivity index (χ0v) is 30.9. The van der Waals surface area contributed by atoms with Crippen LogP contribution in [-0.4, -0.2) is 13.7 Å². The Morgan fingerprint density at radius 1 is 0.211 bits per heavy atom. The van der Waals surface area contributed by atoms with E-state index < -0.39 is 0 Å². The molecule has 13 rings (SSSR count). The number of para-hydroxylation sites is 6. The maximum absolute atomic E-state index is 2.59. The van der Waals surface area contributed by atoms with E-state index in [2.05, 4.69) is 214 Å². The molecule has 0 amide bonds. The summed E-state index contributed by atoms with van der Waals surface area (Å²) in [5.41, 5.74) is 10.6. The standard InChI is InChI=1S/C54H33N3/c1-3-18-34(19-4-1)55-44-30-14-11-24-38(44)41-29-17-33-47(52(41)55)57-46-32-16-13-28-43(46)51-49-40-26-10-8-23-37(40)36-22-7-9-25-39(36)48(49)50-42-27-12-15-31-45(42)56(53(50)54(51)57)35-20-5-2-6-21-35/h1-33H. The monoisotopic (exact) mass is 723 g/mol. The number of hydrogen-bond donors (Lipinski definition) is 0. The van der Waals surface area contributed by atoms with Gasteiger partial charge in [-0.3, -0.25) is 0 Å². The van der Waals surface area contributed by atoms with Crippen molar-refractivity contribution in [3.8, 4) is 17.1 Å². The molecule has 3 aromatic heterocycles. The van der Waals surface area contributed by atoms with Crippen LogP contribution in [0.1, 0.15) is 0 Å². The molecular formula is C54H33N3. The van der Waals surface area contributed by atoms with Crippen LogP contribution in [0.15, 0.2) is 200 Å². The van der Waals surface area contributed by atoms with E-state index in [1.165, 1.54) is 97.7 Å². The summed E-state index contributed by atoms with van der Waals surface area (Å²) in [6.45, 7) is 0. The van der Waals surface area contributed by atoms with Crippen molar-refractivity contribution >= 4 is 97.7 Å². The summed E-state index contributed by atoms with van der Waals surface area (Å²) in [5, 5.41) is 15.2. The highest BCUT2D eigenvalue weighted by atomic mass is 15.1. The molecule has 0 aliphatic heterocycles. The topological polar surface area (TPSA) is 14.8 Å². The first-order chi connectivity index (χ1) is 28.4. The third-order valence-electron chi connectivity index (χ3n) is 12.3. The van der Waals surface area contributed by atoms with Gasteiger partial charge in [0.25, 0.3) is 0 Å². The number of aromatic nitrogens is 3. The van der Waals surface area contributed by atoms with Gasteiger partial charge in [0.05, 0.1) is 38.8 Å². The molecule has 0 bridgehead atoms. The Bertz CT molecular complexity index is 3790. The number of rotatable bonds is 3. The smallest absolute Gasteiger partial charge is 0.0796 e.